The summed E-state index contributed by atoms with van der Waals surface area (Å²) in [6.45, 7) is 3.00. The van der Waals surface area contributed by atoms with Crippen molar-refractivity contribution < 1.29 is 0 Å². The predicted octanol–water partition coefficient (Wildman–Crippen LogP) is 3.81. The van der Waals surface area contributed by atoms with Gasteiger partial charge in [-0.15, -0.1) is 0 Å². The van der Waals surface area contributed by atoms with Crippen molar-refractivity contribution in [2.24, 2.45) is 7.05 Å². The van der Waals surface area contributed by atoms with Crippen LogP contribution in [0.5, 0.6) is 0 Å². The number of nitrogens with one attached hydrogen (secondary N) is 1. The highest BCUT2D eigenvalue weighted by Gasteiger charge is 2.11. The lowest BCUT2D eigenvalue weighted by Crippen LogP contribution is -2.20. The van der Waals surface area contributed by atoms with Crippen molar-refractivity contribution in [1.82, 2.24) is 15.1 Å². The first kappa shape index (κ1) is 13.8. The summed E-state index contributed by atoms with van der Waals surface area (Å²) in [6.07, 6.45) is 1.06. The molecule has 0 aliphatic carbocycles. The molecule has 0 aliphatic heterocycles. The van der Waals surface area contributed by atoms with Crippen LogP contribution in [0.25, 0.3) is 10.9 Å². The van der Waals surface area contributed by atoms with Crippen LogP contribution in [0.15, 0.2) is 54.6 Å². The highest BCUT2D eigenvalue weighted by Crippen LogP contribution is 2.20. The SMILES string of the molecule is CCC(NCc1nn(C)c2ccccc12)c1ccccc1. The molecule has 0 fully saturated rings. The van der Waals surface area contributed by atoms with E-state index in [1.807, 2.05) is 11.7 Å². The highest BCUT2D eigenvalue weighted by atomic mass is 15.3. The molecule has 0 saturated carbocycles. The third-order valence-corrected chi connectivity index (χ3v) is 3.96. The fraction of sp³-hybridized carbons (Fsp3) is 0.278. The maximum Gasteiger partial charge on any atom is 0.0841 e. The van der Waals surface area contributed by atoms with E-state index < -0.39 is 0 Å². The summed E-state index contributed by atoms with van der Waals surface area (Å²) in [5, 5.41) is 9.51. The fourth-order valence-corrected chi connectivity index (χ4v) is 2.82. The van der Waals surface area contributed by atoms with Crippen molar-refractivity contribution in [3.63, 3.8) is 0 Å². The Hall–Kier alpha value is -2.13. The molecular weight excluding hydrogens is 258 g/mol. The molecule has 1 unspecified atom stereocenters. The Kier molecular flexibility index (Phi) is 4.02. The van der Waals surface area contributed by atoms with Gasteiger partial charge in [-0.2, -0.15) is 5.10 Å². The number of aromatic nitrogens is 2. The average molecular weight is 279 g/mol. The summed E-state index contributed by atoms with van der Waals surface area (Å²) in [6, 6.07) is 19.3. The molecule has 3 rings (SSSR count). The van der Waals surface area contributed by atoms with Gasteiger partial charge >= 0.3 is 0 Å². The average Bonchev–Trinajstić information content (AvgIpc) is 2.86. The van der Waals surface area contributed by atoms with E-state index in [1.165, 1.54) is 16.5 Å². The van der Waals surface area contributed by atoms with E-state index in [4.69, 9.17) is 0 Å². The van der Waals surface area contributed by atoms with Crippen molar-refractivity contribution in [2.75, 3.05) is 0 Å². The summed E-state index contributed by atoms with van der Waals surface area (Å²) in [5.74, 6) is 0. The fourth-order valence-electron chi connectivity index (χ4n) is 2.82. The quantitative estimate of drug-likeness (QED) is 0.769. The molecule has 2 aromatic carbocycles. The predicted molar refractivity (Wildman–Crippen MR) is 87.0 cm³/mol. The van der Waals surface area contributed by atoms with E-state index in [9.17, 15) is 0 Å². The van der Waals surface area contributed by atoms with Crippen LogP contribution in [0.1, 0.15) is 30.6 Å². The largest absolute Gasteiger partial charge is 0.304 e. The molecule has 21 heavy (non-hydrogen) atoms. The van der Waals surface area contributed by atoms with Crippen LogP contribution in [-0.2, 0) is 13.6 Å². The molecule has 0 bridgehead atoms. The van der Waals surface area contributed by atoms with E-state index in [-0.39, 0.29) is 0 Å². The van der Waals surface area contributed by atoms with Gasteiger partial charge in [0, 0.05) is 25.0 Å². The molecule has 0 amide bonds. The second kappa shape index (κ2) is 6.10. The Morgan fingerprint density at radius 1 is 1.05 bits per heavy atom. The number of para-hydroxylation sites is 1. The smallest absolute Gasteiger partial charge is 0.0841 e. The zero-order chi connectivity index (χ0) is 14.7. The number of hydrogen-bond acceptors (Lipinski definition) is 2. The summed E-state index contributed by atoms with van der Waals surface area (Å²) >= 11 is 0. The van der Waals surface area contributed by atoms with Gasteiger partial charge in [0.15, 0.2) is 0 Å². The summed E-state index contributed by atoms with van der Waals surface area (Å²) < 4.78 is 1.95. The molecule has 0 spiro atoms. The first-order valence-corrected chi connectivity index (χ1v) is 7.48. The van der Waals surface area contributed by atoms with Crippen LogP contribution in [0, 0.1) is 0 Å². The zero-order valence-corrected chi connectivity index (χ0v) is 12.6. The molecule has 108 valence electrons. The summed E-state index contributed by atoms with van der Waals surface area (Å²) in [5.41, 5.74) is 3.63. The van der Waals surface area contributed by atoms with Crippen molar-refractivity contribution >= 4 is 10.9 Å². The van der Waals surface area contributed by atoms with Crippen LogP contribution in [0.2, 0.25) is 0 Å². The van der Waals surface area contributed by atoms with Gasteiger partial charge in [0.1, 0.15) is 0 Å². The number of benzene rings is 2. The third-order valence-electron chi connectivity index (χ3n) is 3.96. The molecule has 1 atom stereocenters. The summed E-state index contributed by atoms with van der Waals surface area (Å²) in [7, 11) is 2.00. The minimum Gasteiger partial charge on any atom is -0.304 e. The topological polar surface area (TPSA) is 29.9 Å². The first-order valence-electron chi connectivity index (χ1n) is 7.48. The second-order valence-corrected chi connectivity index (χ2v) is 5.34. The standard InChI is InChI=1S/C18H21N3/c1-3-16(14-9-5-4-6-10-14)19-13-17-15-11-7-8-12-18(15)21(2)20-17/h4-12,16,19H,3,13H2,1-2H3. The number of aryl methyl sites for hydroxylation is 1. The number of nitrogens with zero attached hydrogens (tertiary/aromatic N) is 2. The van der Waals surface area contributed by atoms with Gasteiger partial charge in [0.2, 0.25) is 0 Å². The van der Waals surface area contributed by atoms with Gasteiger partial charge in [0.05, 0.1) is 11.2 Å². The molecule has 3 aromatic rings. The lowest BCUT2D eigenvalue weighted by atomic mass is 10.0. The number of fused-ring (bicyclic) bond motifs is 1. The minimum atomic E-state index is 0.368. The van der Waals surface area contributed by atoms with E-state index in [2.05, 4.69) is 71.9 Å². The van der Waals surface area contributed by atoms with E-state index in [0.29, 0.717) is 6.04 Å². The van der Waals surface area contributed by atoms with Crippen molar-refractivity contribution in [3.8, 4) is 0 Å². The number of rotatable bonds is 5. The molecule has 0 saturated heterocycles. The van der Waals surface area contributed by atoms with Gasteiger partial charge < -0.3 is 5.32 Å². The number of hydrogen-bond donors (Lipinski definition) is 1. The van der Waals surface area contributed by atoms with Crippen LogP contribution in [-0.4, -0.2) is 9.78 Å². The van der Waals surface area contributed by atoms with Crippen molar-refractivity contribution in [1.29, 1.82) is 0 Å². The van der Waals surface area contributed by atoms with Gasteiger partial charge in [0.25, 0.3) is 0 Å². The lowest BCUT2D eigenvalue weighted by molar-refractivity contribution is 0.512. The molecule has 0 radical (unpaired) electrons. The lowest BCUT2D eigenvalue weighted by Gasteiger charge is -2.16. The van der Waals surface area contributed by atoms with Crippen LogP contribution in [0.3, 0.4) is 0 Å². The van der Waals surface area contributed by atoms with Gasteiger partial charge in [-0.25, -0.2) is 0 Å². The molecule has 3 nitrogen and oxygen atoms in total. The van der Waals surface area contributed by atoms with Crippen molar-refractivity contribution in [3.05, 3.63) is 65.9 Å². The van der Waals surface area contributed by atoms with Crippen molar-refractivity contribution in [2.45, 2.75) is 25.9 Å². The van der Waals surface area contributed by atoms with Gasteiger partial charge in [-0.05, 0) is 18.1 Å². The molecule has 3 heteroatoms. The third kappa shape index (κ3) is 2.83. The monoisotopic (exact) mass is 279 g/mol. The van der Waals surface area contributed by atoms with Crippen LogP contribution < -0.4 is 5.32 Å². The second-order valence-electron chi connectivity index (χ2n) is 5.34. The van der Waals surface area contributed by atoms with Gasteiger partial charge in [-0.1, -0.05) is 55.5 Å². The molecule has 0 aliphatic rings. The molecule has 1 aromatic heterocycles. The van der Waals surface area contributed by atoms with E-state index >= 15 is 0 Å². The zero-order valence-electron chi connectivity index (χ0n) is 12.6. The molecule has 1 heterocycles. The first-order chi connectivity index (χ1) is 10.3. The summed E-state index contributed by atoms with van der Waals surface area (Å²) in [4.78, 5) is 0. The Bertz CT molecular complexity index is 716. The van der Waals surface area contributed by atoms with E-state index in [1.54, 1.807) is 0 Å². The molecule has 1 N–H and O–H groups in total. The molecular formula is C18H21N3. The van der Waals surface area contributed by atoms with Crippen LogP contribution in [0.4, 0.5) is 0 Å². The normalized spacial score (nSPS) is 12.7. The Morgan fingerprint density at radius 3 is 2.52 bits per heavy atom. The van der Waals surface area contributed by atoms with E-state index in [0.717, 1.165) is 18.7 Å². The highest BCUT2D eigenvalue weighted by molar-refractivity contribution is 5.81. The van der Waals surface area contributed by atoms with Gasteiger partial charge in [-0.3, -0.25) is 4.68 Å². The minimum absolute atomic E-state index is 0.368. The Balaban J connectivity index is 1.80. The maximum absolute atomic E-state index is 4.64. The maximum atomic E-state index is 4.64. The Morgan fingerprint density at radius 2 is 1.76 bits per heavy atom. The van der Waals surface area contributed by atoms with Crippen LogP contribution >= 0.6 is 0 Å². The Labute approximate surface area is 125 Å².